The lowest BCUT2D eigenvalue weighted by Crippen LogP contribution is -2.14. The van der Waals surface area contributed by atoms with Gasteiger partial charge in [-0.1, -0.05) is 46.0 Å². The molecule has 0 amide bonds. The Hall–Kier alpha value is -0.800. The molecule has 0 fully saturated rings. The largest absolute Gasteiger partial charge is 0.467 e. The molecule has 1 aromatic rings. The molecule has 20 heavy (non-hydrogen) atoms. The van der Waals surface area contributed by atoms with E-state index in [1.54, 1.807) is 6.26 Å². The molecule has 0 unspecified atom stereocenters. The first-order valence-corrected chi connectivity index (χ1v) is 8.22. The molecule has 1 rings (SSSR count). The van der Waals surface area contributed by atoms with E-state index in [1.165, 1.54) is 37.7 Å². The molecule has 0 saturated carbocycles. The Labute approximate surface area is 124 Å². The number of rotatable bonds is 13. The van der Waals surface area contributed by atoms with E-state index in [2.05, 4.69) is 19.2 Å². The summed E-state index contributed by atoms with van der Waals surface area (Å²) in [4.78, 5) is 0. The van der Waals surface area contributed by atoms with Gasteiger partial charge in [-0.05, 0) is 25.5 Å². The summed E-state index contributed by atoms with van der Waals surface area (Å²) in [5, 5.41) is 3.39. The minimum atomic E-state index is 0.602. The molecule has 1 heterocycles. The Morgan fingerprint density at radius 2 is 1.85 bits per heavy atom. The number of nitrogens with one attached hydrogen (secondary N) is 1. The maximum atomic E-state index is 5.71. The molecule has 0 radical (unpaired) electrons. The van der Waals surface area contributed by atoms with E-state index < -0.39 is 0 Å². The Bertz CT molecular complexity index is 323. The Morgan fingerprint density at radius 3 is 2.65 bits per heavy atom. The lowest BCUT2D eigenvalue weighted by atomic mass is 10.1. The Morgan fingerprint density at radius 1 is 1.05 bits per heavy atom. The van der Waals surface area contributed by atoms with Crippen LogP contribution in [0.1, 0.15) is 70.1 Å². The highest BCUT2D eigenvalue weighted by atomic mass is 16.5. The van der Waals surface area contributed by atoms with Crippen molar-refractivity contribution in [2.75, 3.05) is 13.2 Å². The summed E-state index contributed by atoms with van der Waals surface area (Å²) in [5.41, 5.74) is 1.22. The summed E-state index contributed by atoms with van der Waals surface area (Å²) in [5.74, 6) is 0.972. The van der Waals surface area contributed by atoms with Gasteiger partial charge in [-0.15, -0.1) is 0 Å². The second kappa shape index (κ2) is 12.0. The van der Waals surface area contributed by atoms with Gasteiger partial charge in [0, 0.05) is 18.7 Å². The van der Waals surface area contributed by atoms with Gasteiger partial charge in [0.2, 0.25) is 0 Å². The van der Waals surface area contributed by atoms with E-state index in [9.17, 15) is 0 Å². The number of furan rings is 1. The van der Waals surface area contributed by atoms with Crippen LogP contribution in [0.2, 0.25) is 0 Å². The monoisotopic (exact) mass is 281 g/mol. The lowest BCUT2D eigenvalue weighted by molar-refractivity contribution is 0.101. The third kappa shape index (κ3) is 7.71. The van der Waals surface area contributed by atoms with E-state index in [0.29, 0.717) is 6.61 Å². The van der Waals surface area contributed by atoms with Gasteiger partial charge in [0.15, 0.2) is 0 Å². The fourth-order valence-electron chi connectivity index (χ4n) is 2.20. The standard InChI is InChI=1S/C17H31NO2/c1-3-5-6-7-8-9-12-19-15-17-16(10-13-20-17)14-18-11-4-2/h10,13,18H,3-9,11-12,14-15H2,1-2H3. The van der Waals surface area contributed by atoms with Crippen molar-refractivity contribution in [3.63, 3.8) is 0 Å². The summed E-state index contributed by atoms with van der Waals surface area (Å²) in [6.07, 6.45) is 10.7. The maximum Gasteiger partial charge on any atom is 0.133 e. The van der Waals surface area contributed by atoms with E-state index in [-0.39, 0.29) is 0 Å². The summed E-state index contributed by atoms with van der Waals surface area (Å²) < 4.78 is 11.2. The third-order valence-electron chi connectivity index (χ3n) is 3.46. The average molecular weight is 281 g/mol. The van der Waals surface area contributed by atoms with Crippen LogP contribution in [0.5, 0.6) is 0 Å². The molecule has 3 nitrogen and oxygen atoms in total. The van der Waals surface area contributed by atoms with Crippen LogP contribution in [-0.4, -0.2) is 13.2 Å². The van der Waals surface area contributed by atoms with Crippen LogP contribution >= 0.6 is 0 Å². The molecule has 0 bridgehead atoms. The van der Waals surface area contributed by atoms with Crippen molar-refractivity contribution in [2.24, 2.45) is 0 Å². The number of hydrogen-bond donors (Lipinski definition) is 1. The van der Waals surface area contributed by atoms with Gasteiger partial charge in [0.25, 0.3) is 0 Å². The zero-order valence-electron chi connectivity index (χ0n) is 13.2. The lowest BCUT2D eigenvalue weighted by Gasteiger charge is -2.06. The van der Waals surface area contributed by atoms with Gasteiger partial charge < -0.3 is 14.5 Å². The zero-order chi connectivity index (χ0) is 14.5. The molecule has 3 heteroatoms. The normalized spacial score (nSPS) is 11.1. The second-order valence-electron chi connectivity index (χ2n) is 5.37. The third-order valence-corrected chi connectivity index (χ3v) is 3.46. The van der Waals surface area contributed by atoms with E-state index in [0.717, 1.165) is 38.3 Å². The van der Waals surface area contributed by atoms with Gasteiger partial charge >= 0.3 is 0 Å². The number of hydrogen-bond acceptors (Lipinski definition) is 3. The van der Waals surface area contributed by atoms with Crippen molar-refractivity contribution in [1.29, 1.82) is 0 Å². The van der Waals surface area contributed by atoms with Crippen molar-refractivity contribution in [3.05, 3.63) is 23.7 Å². The van der Waals surface area contributed by atoms with Gasteiger partial charge in [-0.25, -0.2) is 0 Å². The van der Waals surface area contributed by atoms with Crippen molar-refractivity contribution in [1.82, 2.24) is 5.32 Å². The topological polar surface area (TPSA) is 34.4 Å². The SMILES string of the molecule is CCCCCCCCOCc1occc1CNCCC. The first kappa shape index (κ1) is 17.3. The van der Waals surface area contributed by atoms with Crippen molar-refractivity contribution in [2.45, 2.75) is 71.9 Å². The molecule has 1 aromatic heterocycles. The average Bonchev–Trinajstić information content (AvgIpc) is 2.90. The van der Waals surface area contributed by atoms with Crippen LogP contribution in [0.15, 0.2) is 16.7 Å². The molecule has 0 aromatic carbocycles. The number of ether oxygens (including phenoxy) is 1. The molecule has 0 aliphatic rings. The van der Waals surface area contributed by atoms with Crippen molar-refractivity contribution >= 4 is 0 Å². The molecular formula is C17H31NO2. The first-order valence-electron chi connectivity index (χ1n) is 8.22. The first-order chi connectivity index (χ1) is 9.88. The molecule has 0 atom stereocenters. The van der Waals surface area contributed by atoms with Crippen molar-refractivity contribution < 1.29 is 9.15 Å². The van der Waals surface area contributed by atoms with Gasteiger partial charge in [-0.3, -0.25) is 0 Å². The second-order valence-corrected chi connectivity index (χ2v) is 5.37. The fraction of sp³-hybridized carbons (Fsp3) is 0.765. The smallest absolute Gasteiger partial charge is 0.133 e. The van der Waals surface area contributed by atoms with Crippen LogP contribution in [-0.2, 0) is 17.9 Å². The predicted octanol–water partition coefficient (Wildman–Crippen LogP) is 4.66. The minimum absolute atomic E-state index is 0.602. The fourth-order valence-corrected chi connectivity index (χ4v) is 2.20. The molecule has 0 aliphatic heterocycles. The highest BCUT2D eigenvalue weighted by Gasteiger charge is 2.05. The Balaban J connectivity index is 2.05. The minimum Gasteiger partial charge on any atom is -0.467 e. The van der Waals surface area contributed by atoms with Gasteiger partial charge in [0.1, 0.15) is 12.4 Å². The summed E-state index contributed by atoms with van der Waals surface area (Å²) in [6.45, 7) is 7.79. The molecule has 0 aliphatic carbocycles. The summed E-state index contributed by atoms with van der Waals surface area (Å²) in [6, 6.07) is 2.03. The van der Waals surface area contributed by atoms with Crippen LogP contribution in [0, 0.1) is 0 Å². The van der Waals surface area contributed by atoms with Crippen LogP contribution in [0.25, 0.3) is 0 Å². The summed E-state index contributed by atoms with van der Waals surface area (Å²) in [7, 11) is 0. The Kier molecular flexibility index (Phi) is 10.3. The molecule has 0 saturated heterocycles. The van der Waals surface area contributed by atoms with Crippen molar-refractivity contribution in [3.8, 4) is 0 Å². The summed E-state index contributed by atoms with van der Waals surface area (Å²) >= 11 is 0. The van der Waals surface area contributed by atoms with Crippen LogP contribution in [0.3, 0.4) is 0 Å². The molecule has 0 spiro atoms. The zero-order valence-corrected chi connectivity index (χ0v) is 13.2. The van der Waals surface area contributed by atoms with Gasteiger partial charge in [-0.2, -0.15) is 0 Å². The van der Waals surface area contributed by atoms with Crippen LogP contribution in [0.4, 0.5) is 0 Å². The van der Waals surface area contributed by atoms with Gasteiger partial charge in [0.05, 0.1) is 6.26 Å². The predicted molar refractivity (Wildman–Crippen MR) is 83.7 cm³/mol. The van der Waals surface area contributed by atoms with E-state index in [1.807, 2.05) is 6.07 Å². The molecule has 116 valence electrons. The molecule has 1 N–H and O–H groups in total. The highest BCUT2D eigenvalue weighted by molar-refractivity contribution is 5.16. The maximum absolute atomic E-state index is 5.71. The highest BCUT2D eigenvalue weighted by Crippen LogP contribution is 2.12. The molecular weight excluding hydrogens is 250 g/mol. The van der Waals surface area contributed by atoms with E-state index >= 15 is 0 Å². The quantitative estimate of drug-likeness (QED) is 0.534. The van der Waals surface area contributed by atoms with E-state index in [4.69, 9.17) is 9.15 Å². The number of unbranched alkanes of at least 4 members (excludes halogenated alkanes) is 5. The van der Waals surface area contributed by atoms with Crippen LogP contribution < -0.4 is 5.32 Å².